The third-order valence-electron chi connectivity index (χ3n) is 4.34. The molecule has 0 aromatic carbocycles. The van der Waals surface area contributed by atoms with Crippen molar-refractivity contribution in [1.29, 1.82) is 0 Å². The summed E-state index contributed by atoms with van der Waals surface area (Å²) in [6.45, 7) is 4.36. The minimum absolute atomic E-state index is 0.0203. The number of halogens is 1. The van der Waals surface area contributed by atoms with E-state index in [4.69, 9.17) is 9.47 Å². The van der Waals surface area contributed by atoms with Crippen LogP contribution < -0.4 is 11.2 Å². The van der Waals surface area contributed by atoms with Gasteiger partial charge in [-0.15, -0.1) is 0 Å². The lowest BCUT2D eigenvalue weighted by molar-refractivity contribution is -0.159. The molecular formula is C16H21BrN2O7. The molecule has 1 aliphatic rings. The molecule has 0 bridgehead atoms. The number of hydrogen-bond donors (Lipinski definition) is 2. The molecule has 144 valence electrons. The first-order valence-electron chi connectivity index (χ1n) is 8.19. The number of esters is 1. The molecule has 4 atom stereocenters. The number of carbonyl (C=O) groups excluding carboxylic acids is 2. The van der Waals surface area contributed by atoms with Crippen molar-refractivity contribution in [2.24, 2.45) is 0 Å². The lowest BCUT2D eigenvalue weighted by Crippen LogP contribution is -2.53. The molecule has 2 rings (SSSR count). The maximum Gasteiger partial charge on any atom is 0.330 e. The average molecular weight is 433 g/mol. The van der Waals surface area contributed by atoms with Gasteiger partial charge in [-0.25, -0.2) is 4.79 Å². The molecule has 26 heavy (non-hydrogen) atoms. The Balaban J connectivity index is 2.43. The third-order valence-corrected chi connectivity index (χ3v) is 5.49. The Morgan fingerprint density at radius 2 is 2.04 bits per heavy atom. The molecule has 1 aromatic heterocycles. The number of aromatic nitrogens is 2. The van der Waals surface area contributed by atoms with E-state index in [2.05, 4.69) is 20.9 Å². The highest BCUT2D eigenvalue weighted by atomic mass is 79.9. The van der Waals surface area contributed by atoms with Crippen molar-refractivity contribution in [1.82, 2.24) is 9.55 Å². The number of alkyl halides is 1. The zero-order valence-electron chi connectivity index (χ0n) is 14.7. The summed E-state index contributed by atoms with van der Waals surface area (Å²) < 4.78 is 11.8. The second-order valence-corrected chi connectivity index (χ2v) is 7.02. The molecule has 0 unspecified atom stereocenters. The number of aromatic amines is 1. The van der Waals surface area contributed by atoms with Crippen molar-refractivity contribution in [2.75, 3.05) is 6.61 Å². The summed E-state index contributed by atoms with van der Waals surface area (Å²) in [7, 11) is 0. The summed E-state index contributed by atoms with van der Waals surface area (Å²) in [5.41, 5.74) is -3.02. The van der Waals surface area contributed by atoms with Gasteiger partial charge in [0, 0.05) is 24.6 Å². The Morgan fingerprint density at radius 3 is 2.62 bits per heavy atom. The van der Waals surface area contributed by atoms with E-state index in [9.17, 15) is 24.3 Å². The SMILES string of the molecule is CCC(=O)OC[C@H]1O[C@@H](n2cc(C)c(=O)[nH]c2=O)[C@H](Br)[C@@]1(O)C(=O)CC. The molecule has 0 saturated carbocycles. The van der Waals surface area contributed by atoms with Crippen molar-refractivity contribution in [3.05, 3.63) is 32.6 Å². The second-order valence-electron chi connectivity index (χ2n) is 6.03. The zero-order chi connectivity index (χ0) is 19.6. The van der Waals surface area contributed by atoms with E-state index in [1.54, 1.807) is 13.8 Å². The number of nitrogens with one attached hydrogen (secondary N) is 1. The highest BCUT2D eigenvalue weighted by molar-refractivity contribution is 9.09. The van der Waals surface area contributed by atoms with Crippen molar-refractivity contribution in [2.45, 2.75) is 56.4 Å². The fourth-order valence-electron chi connectivity index (χ4n) is 2.77. The maximum absolute atomic E-state index is 12.4. The average Bonchev–Trinajstić information content (AvgIpc) is 2.87. The Kier molecular flexibility index (Phi) is 6.20. The second kappa shape index (κ2) is 7.85. The van der Waals surface area contributed by atoms with Crippen LogP contribution in [0.5, 0.6) is 0 Å². The van der Waals surface area contributed by atoms with Crippen molar-refractivity contribution < 1.29 is 24.2 Å². The van der Waals surface area contributed by atoms with Gasteiger partial charge in [0.05, 0.1) is 4.83 Å². The highest BCUT2D eigenvalue weighted by Gasteiger charge is 2.59. The molecule has 1 saturated heterocycles. The standard InChI is InChI=1S/C16H21BrN2O7/c1-4-9(20)16(24)10(7-25-11(21)5-2)26-14(12(16)17)19-6-8(3)13(22)18-15(19)23/h6,10,12,14,24H,4-5,7H2,1-3H3,(H,18,22,23)/t10-,12+,14-,16-/m1/s1. The minimum Gasteiger partial charge on any atom is -0.463 e. The summed E-state index contributed by atoms with van der Waals surface area (Å²) in [5, 5.41) is 11.0. The summed E-state index contributed by atoms with van der Waals surface area (Å²) in [6, 6.07) is 0. The van der Waals surface area contributed by atoms with E-state index in [1.807, 2.05) is 0 Å². The highest BCUT2D eigenvalue weighted by Crippen LogP contribution is 2.42. The van der Waals surface area contributed by atoms with Crippen LogP contribution in [0.1, 0.15) is 38.5 Å². The topological polar surface area (TPSA) is 128 Å². The van der Waals surface area contributed by atoms with Gasteiger partial charge in [0.2, 0.25) is 0 Å². The van der Waals surface area contributed by atoms with Gasteiger partial charge >= 0.3 is 11.7 Å². The van der Waals surface area contributed by atoms with Crippen molar-refractivity contribution in [3.8, 4) is 0 Å². The lowest BCUT2D eigenvalue weighted by Gasteiger charge is -2.28. The first kappa shape index (κ1) is 20.5. The van der Waals surface area contributed by atoms with Crippen LogP contribution in [0, 0.1) is 6.92 Å². The zero-order valence-corrected chi connectivity index (χ0v) is 16.2. The quantitative estimate of drug-likeness (QED) is 0.484. The van der Waals surface area contributed by atoms with E-state index >= 15 is 0 Å². The number of ether oxygens (including phenoxy) is 2. The Morgan fingerprint density at radius 1 is 1.38 bits per heavy atom. The molecule has 0 aliphatic carbocycles. The van der Waals surface area contributed by atoms with Crippen molar-refractivity contribution in [3.63, 3.8) is 0 Å². The molecule has 1 aromatic rings. The lowest BCUT2D eigenvalue weighted by atomic mass is 9.88. The monoisotopic (exact) mass is 432 g/mol. The van der Waals surface area contributed by atoms with Gasteiger partial charge < -0.3 is 14.6 Å². The summed E-state index contributed by atoms with van der Waals surface area (Å²) in [6.07, 6.45) is -0.806. The number of carbonyl (C=O) groups is 2. The third kappa shape index (κ3) is 3.53. The van der Waals surface area contributed by atoms with E-state index in [-0.39, 0.29) is 25.0 Å². The summed E-state index contributed by atoms with van der Waals surface area (Å²) in [5.74, 6) is -1.03. The van der Waals surface area contributed by atoms with Crippen LogP contribution in [0.15, 0.2) is 15.8 Å². The molecule has 0 amide bonds. The van der Waals surface area contributed by atoms with Crippen molar-refractivity contribution >= 4 is 27.7 Å². The van der Waals surface area contributed by atoms with Crippen LogP contribution >= 0.6 is 15.9 Å². The van der Waals surface area contributed by atoms with Crippen LogP contribution in [0.25, 0.3) is 0 Å². The van der Waals surface area contributed by atoms with E-state index in [0.717, 1.165) is 4.57 Å². The largest absolute Gasteiger partial charge is 0.463 e. The maximum atomic E-state index is 12.4. The number of Topliss-reactive ketones (excluding diaryl/α,β-unsaturated/α-hetero) is 1. The number of rotatable bonds is 6. The van der Waals surface area contributed by atoms with Gasteiger partial charge in [-0.3, -0.25) is 23.9 Å². The number of hydrogen-bond acceptors (Lipinski definition) is 7. The van der Waals surface area contributed by atoms with Gasteiger partial charge in [0.25, 0.3) is 5.56 Å². The normalized spacial score (nSPS) is 28.1. The molecule has 0 spiro atoms. The number of aliphatic hydroxyl groups is 1. The Labute approximate surface area is 157 Å². The molecule has 0 radical (unpaired) electrons. The van der Waals surface area contributed by atoms with Gasteiger partial charge in [0.15, 0.2) is 17.6 Å². The van der Waals surface area contributed by atoms with E-state index in [1.165, 1.54) is 13.1 Å². The predicted octanol–water partition coefficient (Wildman–Crippen LogP) is 0.169. The van der Waals surface area contributed by atoms with Gasteiger partial charge in [-0.1, -0.05) is 29.8 Å². The van der Waals surface area contributed by atoms with Gasteiger partial charge in [0.1, 0.15) is 12.7 Å². The first-order valence-corrected chi connectivity index (χ1v) is 9.11. The number of H-pyrrole nitrogens is 1. The summed E-state index contributed by atoms with van der Waals surface area (Å²) >= 11 is 3.26. The van der Waals surface area contributed by atoms with Crippen LogP contribution in [0.4, 0.5) is 0 Å². The Bertz CT molecular complexity index is 818. The molecule has 1 fully saturated rings. The van der Waals surface area contributed by atoms with E-state index in [0.29, 0.717) is 0 Å². The summed E-state index contributed by atoms with van der Waals surface area (Å²) in [4.78, 5) is 48.7. The molecule has 2 N–H and O–H groups in total. The molecule has 1 aliphatic heterocycles. The van der Waals surface area contributed by atoms with Crippen LogP contribution in [-0.4, -0.2) is 49.5 Å². The minimum atomic E-state index is -2.00. The predicted molar refractivity (Wildman–Crippen MR) is 94.2 cm³/mol. The smallest absolute Gasteiger partial charge is 0.330 e. The number of nitrogens with zero attached hydrogens (tertiary/aromatic N) is 1. The molecule has 2 heterocycles. The fraction of sp³-hybridized carbons (Fsp3) is 0.625. The first-order chi connectivity index (χ1) is 12.2. The molecule has 10 heteroatoms. The van der Waals surface area contributed by atoms with E-state index < -0.39 is 45.8 Å². The van der Waals surface area contributed by atoms with Crippen LogP contribution in [-0.2, 0) is 19.1 Å². The van der Waals surface area contributed by atoms with Gasteiger partial charge in [-0.2, -0.15) is 0 Å². The fourth-order valence-corrected chi connectivity index (χ4v) is 3.70. The Hall–Kier alpha value is -1.78. The number of aryl methyl sites for hydroxylation is 1. The van der Waals surface area contributed by atoms with Gasteiger partial charge in [-0.05, 0) is 6.92 Å². The van der Waals surface area contributed by atoms with Crippen LogP contribution in [0.3, 0.4) is 0 Å². The number of ketones is 1. The van der Waals surface area contributed by atoms with Crippen LogP contribution in [0.2, 0.25) is 0 Å². The molecule has 9 nitrogen and oxygen atoms in total. The molecular weight excluding hydrogens is 412 g/mol.